The monoisotopic (exact) mass is 304 g/mol. The Morgan fingerprint density at radius 2 is 2.05 bits per heavy atom. The van der Waals surface area contributed by atoms with E-state index in [1.807, 2.05) is 6.07 Å². The number of fused-ring (bicyclic) bond motifs is 1. The third kappa shape index (κ3) is 2.78. The number of hydrogen-bond acceptors (Lipinski definition) is 5. The van der Waals surface area contributed by atoms with Crippen LogP contribution in [0.5, 0.6) is 0 Å². The molecule has 1 N–H and O–H groups in total. The smallest absolute Gasteiger partial charge is 0.184 e. The molecular formula is C16H20N2O2S. The van der Waals surface area contributed by atoms with Crippen LogP contribution in [0.3, 0.4) is 0 Å². The molecule has 1 aromatic carbocycles. The van der Waals surface area contributed by atoms with Gasteiger partial charge in [0.1, 0.15) is 0 Å². The van der Waals surface area contributed by atoms with E-state index in [0.29, 0.717) is 6.04 Å². The SMILES string of the molecule is c1ccc2sc(N[C@@H]3CCOC4(CCOCC4)C3)nc2c1. The van der Waals surface area contributed by atoms with Gasteiger partial charge in [0, 0.05) is 25.9 Å². The lowest BCUT2D eigenvalue weighted by atomic mass is 9.84. The predicted octanol–water partition coefficient (Wildman–Crippen LogP) is 3.44. The summed E-state index contributed by atoms with van der Waals surface area (Å²) in [5.74, 6) is 0. The number of nitrogens with one attached hydrogen (secondary N) is 1. The fourth-order valence-corrected chi connectivity index (χ4v) is 4.29. The Kier molecular flexibility index (Phi) is 3.57. The van der Waals surface area contributed by atoms with Crippen molar-refractivity contribution in [2.45, 2.75) is 37.3 Å². The fourth-order valence-electron chi connectivity index (χ4n) is 3.35. The van der Waals surface area contributed by atoms with E-state index in [0.717, 1.165) is 56.2 Å². The molecule has 2 saturated heterocycles. The van der Waals surface area contributed by atoms with Gasteiger partial charge in [-0.1, -0.05) is 23.5 Å². The molecule has 1 spiro atoms. The average molecular weight is 304 g/mol. The summed E-state index contributed by atoms with van der Waals surface area (Å²) in [6, 6.07) is 8.76. The van der Waals surface area contributed by atoms with Crippen LogP contribution in [0.4, 0.5) is 5.13 Å². The van der Waals surface area contributed by atoms with Crippen LogP contribution in [-0.2, 0) is 9.47 Å². The number of benzene rings is 1. The molecule has 0 radical (unpaired) electrons. The fraction of sp³-hybridized carbons (Fsp3) is 0.562. The van der Waals surface area contributed by atoms with Gasteiger partial charge in [-0.15, -0.1) is 0 Å². The van der Waals surface area contributed by atoms with Crippen LogP contribution in [0.15, 0.2) is 24.3 Å². The number of rotatable bonds is 2. The zero-order chi connectivity index (χ0) is 14.1. The normalized spacial score (nSPS) is 25.2. The largest absolute Gasteiger partial charge is 0.381 e. The highest BCUT2D eigenvalue weighted by atomic mass is 32.1. The van der Waals surface area contributed by atoms with Crippen LogP contribution in [0, 0.1) is 0 Å². The molecule has 4 nitrogen and oxygen atoms in total. The van der Waals surface area contributed by atoms with Crippen molar-refractivity contribution in [2.24, 2.45) is 0 Å². The van der Waals surface area contributed by atoms with Crippen molar-refractivity contribution >= 4 is 26.7 Å². The van der Waals surface area contributed by atoms with Gasteiger partial charge in [0.15, 0.2) is 5.13 Å². The van der Waals surface area contributed by atoms with E-state index in [4.69, 9.17) is 9.47 Å². The van der Waals surface area contributed by atoms with Crippen molar-refractivity contribution in [2.75, 3.05) is 25.1 Å². The number of ether oxygens (including phenoxy) is 2. The number of para-hydroxylation sites is 1. The Bertz CT molecular complexity index is 583. The molecule has 1 aromatic heterocycles. The highest BCUT2D eigenvalue weighted by molar-refractivity contribution is 7.22. The third-order valence-electron chi connectivity index (χ3n) is 4.52. The highest BCUT2D eigenvalue weighted by Gasteiger charge is 2.39. The van der Waals surface area contributed by atoms with E-state index in [1.165, 1.54) is 4.70 Å². The number of aromatic nitrogens is 1. The topological polar surface area (TPSA) is 43.4 Å². The van der Waals surface area contributed by atoms with Crippen LogP contribution < -0.4 is 5.32 Å². The maximum atomic E-state index is 6.10. The Hall–Kier alpha value is -1.17. The van der Waals surface area contributed by atoms with E-state index < -0.39 is 0 Å². The molecule has 2 aliphatic heterocycles. The summed E-state index contributed by atoms with van der Waals surface area (Å²) >= 11 is 1.74. The second-order valence-electron chi connectivity index (χ2n) is 5.96. The minimum atomic E-state index is 0.0326. The van der Waals surface area contributed by atoms with Crippen LogP contribution in [0.25, 0.3) is 10.2 Å². The van der Waals surface area contributed by atoms with E-state index in [1.54, 1.807) is 11.3 Å². The Morgan fingerprint density at radius 3 is 2.90 bits per heavy atom. The van der Waals surface area contributed by atoms with Crippen LogP contribution in [0.1, 0.15) is 25.7 Å². The number of anilines is 1. The van der Waals surface area contributed by atoms with Crippen molar-refractivity contribution in [3.05, 3.63) is 24.3 Å². The molecule has 112 valence electrons. The standard InChI is InChI=1S/C16H20N2O2S/c1-2-4-14-13(3-1)18-15(21-14)17-12-5-8-20-16(11-12)6-9-19-10-7-16/h1-4,12H,5-11H2,(H,17,18)/t12-/m1/s1. The molecule has 2 aromatic rings. The molecule has 0 bridgehead atoms. The Balaban J connectivity index is 1.48. The van der Waals surface area contributed by atoms with Gasteiger partial charge in [-0.3, -0.25) is 0 Å². The minimum absolute atomic E-state index is 0.0326. The van der Waals surface area contributed by atoms with E-state index in [-0.39, 0.29) is 5.60 Å². The molecular weight excluding hydrogens is 284 g/mol. The molecule has 1 atom stereocenters. The van der Waals surface area contributed by atoms with Crippen LogP contribution >= 0.6 is 11.3 Å². The van der Waals surface area contributed by atoms with Gasteiger partial charge in [0.25, 0.3) is 0 Å². The van der Waals surface area contributed by atoms with E-state index >= 15 is 0 Å². The van der Waals surface area contributed by atoms with E-state index in [2.05, 4.69) is 28.5 Å². The molecule has 0 saturated carbocycles. The van der Waals surface area contributed by atoms with Gasteiger partial charge in [-0.25, -0.2) is 4.98 Å². The van der Waals surface area contributed by atoms with Crippen molar-refractivity contribution in [1.29, 1.82) is 0 Å². The summed E-state index contributed by atoms with van der Waals surface area (Å²) < 4.78 is 12.8. The first-order valence-electron chi connectivity index (χ1n) is 7.67. The summed E-state index contributed by atoms with van der Waals surface area (Å²) in [4.78, 5) is 4.68. The molecule has 21 heavy (non-hydrogen) atoms. The highest BCUT2D eigenvalue weighted by Crippen LogP contribution is 2.36. The van der Waals surface area contributed by atoms with Crippen molar-refractivity contribution < 1.29 is 9.47 Å². The third-order valence-corrected chi connectivity index (χ3v) is 5.49. The first-order valence-corrected chi connectivity index (χ1v) is 8.49. The lowest BCUT2D eigenvalue weighted by Gasteiger charge is -2.43. The minimum Gasteiger partial charge on any atom is -0.381 e. The van der Waals surface area contributed by atoms with Gasteiger partial charge in [0.2, 0.25) is 0 Å². The summed E-state index contributed by atoms with van der Waals surface area (Å²) in [5.41, 5.74) is 1.11. The van der Waals surface area contributed by atoms with Gasteiger partial charge in [-0.05, 0) is 37.8 Å². The van der Waals surface area contributed by atoms with Gasteiger partial charge >= 0.3 is 0 Å². The first kappa shape index (κ1) is 13.5. The van der Waals surface area contributed by atoms with Crippen molar-refractivity contribution in [3.63, 3.8) is 0 Å². The Morgan fingerprint density at radius 1 is 1.19 bits per heavy atom. The molecule has 4 rings (SSSR count). The average Bonchev–Trinajstić information content (AvgIpc) is 2.90. The second-order valence-corrected chi connectivity index (χ2v) is 7.00. The summed E-state index contributed by atoms with van der Waals surface area (Å²) in [7, 11) is 0. The molecule has 2 aliphatic rings. The molecule has 3 heterocycles. The maximum absolute atomic E-state index is 6.10. The van der Waals surface area contributed by atoms with E-state index in [9.17, 15) is 0 Å². The lowest BCUT2D eigenvalue weighted by Crippen LogP contribution is -2.47. The van der Waals surface area contributed by atoms with Crippen molar-refractivity contribution in [3.8, 4) is 0 Å². The predicted molar refractivity (Wildman–Crippen MR) is 85.0 cm³/mol. The van der Waals surface area contributed by atoms with Crippen LogP contribution in [-0.4, -0.2) is 36.4 Å². The number of hydrogen-bond donors (Lipinski definition) is 1. The lowest BCUT2D eigenvalue weighted by molar-refractivity contribution is -0.135. The summed E-state index contributed by atoms with van der Waals surface area (Å²) in [6.07, 6.45) is 4.15. The quantitative estimate of drug-likeness (QED) is 0.923. The van der Waals surface area contributed by atoms with Gasteiger partial charge in [-0.2, -0.15) is 0 Å². The number of thiazole rings is 1. The first-order chi connectivity index (χ1) is 10.3. The zero-order valence-electron chi connectivity index (χ0n) is 12.0. The molecule has 5 heteroatoms. The Labute approximate surface area is 128 Å². The second kappa shape index (κ2) is 5.55. The zero-order valence-corrected chi connectivity index (χ0v) is 12.8. The van der Waals surface area contributed by atoms with Crippen LogP contribution in [0.2, 0.25) is 0 Å². The van der Waals surface area contributed by atoms with Gasteiger partial charge < -0.3 is 14.8 Å². The maximum Gasteiger partial charge on any atom is 0.184 e. The number of nitrogens with zero attached hydrogens (tertiary/aromatic N) is 1. The molecule has 2 fully saturated rings. The molecule has 0 aliphatic carbocycles. The molecule has 0 amide bonds. The summed E-state index contributed by atoms with van der Waals surface area (Å²) in [6.45, 7) is 2.49. The molecule has 0 unspecified atom stereocenters. The van der Waals surface area contributed by atoms with Gasteiger partial charge in [0.05, 0.1) is 15.8 Å². The summed E-state index contributed by atoms with van der Waals surface area (Å²) in [5, 5.41) is 4.66. The van der Waals surface area contributed by atoms with Crippen molar-refractivity contribution in [1.82, 2.24) is 4.98 Å².